The molecule has 29 heavy (non-hydrogen) atoms. The van der Waals surface area contributed by atoms with Gasteiger partial charge in [0.25, 0.3) is 0 Å². The SMILES string of the molecule is O=C(CCN1C(=O)[C@H]2CC=CC[C@@H]2C1=O)OCC(=O)C12CC3CC(CC(C3)C1)C2. The number of rotatable bonds is 6. The van der Waals surface area contributed by atoms with E-state index in [1.54, 1.807) is 0 Å². The summed E-state index contributed by atoms with van der Waals surface area (Å²) in [5.41, 5.74) is -0.265. The maximum absolute atomic E-state index is 12.9. The number of carbonyl (C=O) groups excluding carboxylic acids is 4. The smallest absolute Gasteiger partial charge is 0.308 e. The summed E-state index contributed by atoms with van der Waals surface area (Å²) < 4.78 is 5.29. The Morgan fingerprint density at radius 2 is 1.45 bits per heavy atom. The molecule has 6 nitrogen and oxygen atoms in total. The Kier molecular flexibility index (Phi) is 4.63. The number of imide groups is 1. The van der Waals surface area contributed by atoms with Crippen LogP contribution in [0.25, 0.3) is 0 Å². The number of ketones is 1. The first-order valence-corrected chi connectivity index (χ1v) is 11.1. The zero-order chi connectivity index (χ0) is 20.2. The quantitative estimate of drug-likeness (QED) is 0.390. The predicted octanol–water partition coefficient (Wildman–Crippen LogP) is 2.66. The number of hydrogen-bond donors (Lipinski definition) is 0. The monoisotopic (exact) mass is 399 g/mol. The normalized spacial score (nSPS) is 39.7. The van der Waals surface area contributed by atoms with Gasteiger partial charge in [-0.3, -0.25) is 24.1 Å². The third-order valence-corrected chi connectivity index (χ3v) is 8.13. The van der Waals surface area contributed by atoms with Crippen LogP contribution in [0.5, 0.6) is 0 Å². The van der Waals surface area contributed by atoms with Gasteiger partial charge in [0.05, 0.1) is 18.3 Å². The van der Waals surface area contributed by atoms with Crippen LogP contribution in [0.4, 0.5) is 0 Å². The average Bonchev–Trinajstić information content (AvgIpc) is 2.94. The van der Waals surface area contributed by atoms with E-state index >= 15 is 0 Å². The number of allylic oxidation sites excluding steroid dienone is 2. The highest BCUT2D eigenvalue weighted by molar-refractivity contribution is 6.05. The number of likely N-dealkylation sites (tertiary alicyclic amines) is 1. The standard InChI is InChI=1S/C23H29NO5/c25-19(23-10-14-7-15(11-23)9-16(8-14)12-23)13-29-20(26)5-6-24-21(27)17-3-1-2-4-18(17)22(24)28/h1-2,14-18H,3-13H2/t14?,15?,16?,17-,18-,23?/m0/s1. The van der Waals surface area contributed by atoms with Crippen LogP contribution in [0.15, 0.2) is 12.2 Å². The first-order valence-electron chi connectivity index (χ1n) is 11.1. The number of carbonyl (C=O) groups is 4. The summed E-state index contributed by atoms with van der Waals surface area (Å²) in [6, 6.07) is 0. The second kappa shape index (κ2) is 7.06. The van der Waals surface area contributed by atoms with Crippen molar-refractivity contribution in [3.8, 4) is 0 Å². The molecule has 0 spiro atoms. The molecule has 6 heteroatoms. The highest BCUT2D eigenvalue weighted by Crippen LogP contribution is 2.60. The van der Waals surface area contributed by atoms with E-state index < -0.39 is 5.97 Å². The van der Waals surface area contributed by atoms with Crippen molar-refractivity contribution in [3.63, 3.8) is 0 Å². The van der Waals surface area contributed by atoms with Gasteiger partial charge in [-0.1, -0.05) is 12.2 Å². The molecule has 0 aromatic rings. The molecular formula is C23H29NO5. The van der Waals surface area contributed by atoms with Gasteiger partial charge < -0.3 is 4.74 Å². The second-order valence-electron chi connectivity index (χ2n) is 10.0. The zero-order valence-corrected chi connectivity index (χ0v) is 16.8. The second-order valence-corrected chi connectivity index (χ2v) is 10.0. The van der Waals surface area contributed by atoms with Crippen molar-refractivity contribution in [2.75, 3.05) is 13.2 Å². The zero-order valence-electron chi connectivity index (χ0n) is 16.8. The Hall–Kier alpha value is -1.98. The molecule has 2 atom stereocenters. The van der Waals surface area contributed by atoms with E-state index in [9.17, 15) is 19.2 Å². The molecule has 4 bridgehead atoms. The van der Waals surface area contributed by atoms with Crippen LogP contribution >= 0.6 is 0 Å². The largest absolute Gasteiger partial charge is 0.458 e. The van der Waals surface area contributed by atoms with Crippen molar-refractivity contribution in [3.05, 3.63) is 12.2 Å². The van der Waals surface area contributed by atoms with E-state index in [0.717, 1.165) is 19.3 Å². The number of ether oxygens (including phenoxy) is 1. The Balaban J connectivity index is 1.12. The molecule has 4 saturated carbocycles. The van der Waals surface area contributed by atoms with Gasteiger partial charge in [-0.05, 0) is 69.1 Å². The molecule has 1 aliphatic heterocycles. The molecule has 156 valence electrons. The van der Waals surface area contributed by atoms with E-state index in [-0.39, 0.29) is 54.4 Å². The molecule has 0 N–H and O–H groups in total. The third-order valence-electron chi connectivity index (χ3n) is 8.13. The van der Waals surface area contributed by atoms with Crippen LogP contribution in [0.3, 0.4) is 0 Å². The van der Waals surface area contributed by atoms with Gasteiger partial charge in [0.1, 0.15) is 0 Å². The Morgan fingerprint density at radius 3 is 1.97 bits per heavy atom. The number of amides is 2. The van der Waals surface area contributed by atoms with Crippen molar-refractivity contribution in [1.82, 2.24) is 4.90 Å². The minimum absolute atomic E-state index is 0.0432. The molecule has 0 aromatic heterocycles. The molecule has 5 aliphatic carbocycles. The van der Waals surface area contributed by atoms with Gasteiger partial charge in [-0.15, -0.1) is 0 Å². The lowest BCUT2D eigenvalue weighted by molar-refractivity contribution is -0.158. The molecular weight excluding hydrogens is 370 g/mol. The fraction of sp³-hybridized carbons (Fsp3) is 0.739. The maximum atomic E-state index is 12.9. The fourth-order valence-electron chi connectivity index (χ4n) is 7.12. The lowest BCUT2D eigenvalue weighted by Crippen LogP contribution is -2.51. The molecule has 2 amide bonds. The van der Waals surface area contributed by atoms with Crippen LogP contribution in [0.2, 0.25) is 0 Å². The summed E-state index contributed by atoms with van der Waals surface area (Å²) in [5.74, 6) is 0.682. The average molecular weight is 399 g/mol. The van der Waals surface area contributed by atoms with Crippen molar-refractivity contribution in [1.29, 1.82) is 0 Å². The molecule has 5 fully saturated rings. The van der Waals surface area contributed by atoms with Crippen LogP contribution in [0, 0.1) is 35.0 Å². The Labute approximate surface area is 171 Å². The van der Waals surface area contributed by atoms with Crippen LogP contribution < -0.4 is 0 Å². The molecule has 1 heterocycles. The van der Waals surface area contributed by atoms with Crippen LogP contribution in [-0.2, 0) is 23.9 Å². The summed E-state index contributed by atoms with van der Waals surface area (Å²) in [7, 11) is 0. The molecule has 1 saturated heterocycles. The summed E-state index contributed by atoms with van der Waals surface area (Å²) in [5, 5.41) is 0. The lowest BCUT2D eigenvalue weighted by Gasteiger charge is -2.55. The first-order chi connectivity index (χ1) is 13.9. The van der Waals surface area contributed by atoms with E-state index in [2.05, 4.69) is 0 Å². The topological polar surface area (TPSA) is 80.8 Å². The van der Waals surface area contributed by atoms with Gasteiger partial charge in [0.2, 0.25) is 11.8 Å². The van der Waals surface area contributed by atoms with Gasteiger partial charge in [0, 0.05) is 12.0 Å². The highest BCUT2D eigenvalue weighted by Gasteiger charge is 2.54. The van der Waals surface area contributed by atoms with E-state index in [1.165, 1.54) is 24.2 Å². The van der Waals surface area contributed by atoms with Gasteiger partial charge in [0.15, 0.2) is 12.4 Å². The number of nitrogens with zero attached hydrogens (tertiary/aromatic N) is 1. The minimum Gasteiger partial charge on any atom is -0.458 e. The molecule has 6 rings (SSSR count). The fourth-order valence-corrected chi connectivity index (χ4v) is 7.12. The van der Waals surface area contributed by atoms with Crippen molar-refractivity contribution < 1.29 is 23.9 Å². The molecule has 0 aromatic carbocycles. The number of hydrogen-bond acceptors (Lipinski definition) is 5. The highest BCUT2D eigenvalue weighted by atomic mass is 16.5. The van der Waals surface area contributed by atoms with E-state index in [4.69, 9.17) is 4.74 Å². The van der Waals surface area contributed by atoms with Crippen molar-refractivity contribution in [2.24, 2.45) is 35.0 Å². The minimum atomic E-state index is -0.503. The van der Waals surface area contributed by atoms with E-state index in [0.29, 0.717) is 30.6 Å². The molecule has 6 aliphatic rings. The van der Waals surface area contributed by atoms with Crippen LogP contribution in [0.1, 0.15) is 57.8 Å². The number of Topliss-reactive ketones (excluding diaryl/α,β-unsaturated/α-hetero) is 1. The number of esters is 1. The maximum Gasteiger partial charge on any atom is 0.308 e. The summed E-state index contributed by atoms with van der Waals surface area (Å²) >= 11 is 0. The van der Waals surface area contributed by atoms with Gasteiger partial charge >= 0.3 is 5.97 Å². The van der Waals surface area contributed by atoms with Crippen molar-refractivity contribution in [2.45, 2.75) is 57.8 Å². The number of fused-ring (bicyclic) bond motifs is 1. The molecule has 0 radical (unpaired) electrons. The Morgan fingerprint density at radius 1 is 0.931 bits per heavy atom. The van der Waals surface area contributed by atoms with Crippen LogP contribution in [-0.4, -0.2) is 41.6 Å². The van der Waals surface area contributed by atoms with Crippen molar-refractivity contribution >= 4 is 23.6 Å². The summed E-state index contributed by atoms with van der Waals surface area (Å²) in [6.07, 6.45) is 11.7. The van der Waals surface area contributed by atoms with Gasteiger partial charge in [-0.2, -0.15) is 0 Å². The predicted molar refractivity (Wildman–Crippen MR) is 103 cm³/mol. The summed E-state index contributed by atoms with van der Waals surface area (Å²) in [6.45, 7) is -0.114. The summed E-state index contributed by atoms with van der Waals surface area (Å²) in [4.78, 5) is 51.3. The first kappa shape index (κ1) is 19.0. The van der Waals surface area contributed by atoms with E-state index in [1.807, 2.05) is 12.2 Å². The third kappa shape index (κ3) is 3.24. The molecule has 0 unspecified atom stereocenters. The Bertz CT molecular complexity index is 723. The lowest BCUT2D eigenvalue weighted by atomic mass is 9.48. The van der Waals surface area contributed by atoms with Gasteiger partial charge in [-0.25, -0.2) is 0 Å².